The second kappa shape index (κ2) is 10.6. The fourth-order valence-electron chi connectivity index (χ4n) is 5.55. The van der Waals surface area contributed by atoms with Crippen LogP contribution in [0.3, 0.4) is 0 Å². The first-order valence-electron chi connectivity index (χ1n) is 12.9. The quantitative estimate of drug-likeness (QED) is 0.606. The molecule has 4 rings (SSSR count). The lowest BCUT2D eigenvalue weighted by molar-refractivity contribution is -0.119. The van der Waals surface area contributed by atoms with E-state index in [1.165, 1.54) is 16.7 Å². The summed E-state index contributed by atoms with van der Waals surface area (Å²) in [5.41, 5.74) is 10.7. The van der Waals surface area contributed by atoms with E-state index in [4.69, 9.17) is 19.9 Å². The Bertz CT molecular complexity index is 1170. The number of hydrogen-bond acceptors (Lipinski definition) is 6. The Labute approximate surface area is 219 Å². The molecule has 2 aromatic rings. The van der Waals surface area contributed by atoms with Crippen LogP contribution in [-0.4, -0.2) is 55.3 Å². The van der Waals surface area contributed by atoms with E-state index >= 15 is 0 Å². The number of nitrogens with zero attached hydrogens (tertiary/aromatic N) is 1. The molecule has 2 aliphatic rings. The normalized spacial score (nSPS) is 21.4. The predicted octanol–water partition coefficient (Wildman–Crippen LogP) is 4.16. The average molecular weight is 510 g/mol. The third-order valence-corrected chi connectivity index (χ3v) is 7.19. The summed E-state index contributed by atoms with van der Waals surface area (Å²) in [6, 6.07) is 10.5. The molecule has 2 heterocycles. The number of fused-ring (bicyclic) bond motifs is 3. The maximum Gasteiger partial charge on any atom is 0.407 e. The molecule has 1 saturated heterocycles. The Morgan fingerprint density at radius 1 is 1.11 bits per heavy atom. The van der Waals surface area contributed by atoms with E-state index in [1.807, 2.05) is 32.9 Å². The molecular formula is C29H39N3O5. The van der Waals surface area contributed by atoms with Gasteiger partial charge >= 0.3 is 6.09 Å². The number of hydrogen-bond donors (Lipinski definition) is 2. The number of aryl methyl sites for hydroxylation is 2. The summed E-state index contributed by atoms with van der Waals surface area (Å²) in [6.45, 7) is 11.4. The van der Waals surface area contributed by atoms with Gasteiger partial charge in [0.25, 0.3) is 5.91 Å². The Balaban J connectivity index is 1.68. The van der Waals surface area contributed by atoms with Crippen LogP contribution >= 0.6 is 0 Å². The SMILES string of the molecule is COc1cc2c(cc1OCC(N)=O)CCN1CC(c3cc(C)ccc3C)C(NC(=O)OC(C)(C)C)CC21. The number of nitrogens with two attached hydrogens (primary N) is 1. The molecule has 2 amide bonds. The largest absolute Gasteiger partial charge is 0.493 e. The highest BCUT2D eigenvalue weighted by molar-refractivity contribution is 5.75. The highest BCUT2D eigenvalue weighted by Gasteiger charge is 2.41. The van der Waals surface area contributed by atoms with Gasteiger partial charge in [-0.2, -0.15) is 0 Å². The highest BCUT2D eigenvalue weighted by atomic mass is 16.6. The van der Waals surface area contributed by atoms with Crippen molar-refractivity contribution in [1.29, 1.82) is 0 Å². The first-order chi connectivity index (χ1) is 17.4. The molecule has 2 aromatic carbocycles. The maximum absolute atomic E-state index is 12.9. The second-order valence-electron chi connectivity index (χ2n) is 11.2. The smallest absolute Gasteiger partial charge is 0.407 e. The molecule has 8 nitrogen and oxygen atoms in total. The lowest BCUT2D eigenvalue weighted by Crippen LogP contribution is -2.53. The van der Waals surface area contributed by atoms with Crippen LogP contribution in [0.25, 0.3) is 0 Å². The Kier molecular flexibility index (Phi) is 7.69. The number of nitrogens with one attached hydrogen (secondary N) is 1. The number of alkyl carbamates (subject to hydrolysis) is 1. The van der Waals surface area contributed by atoms with Gasteiger partial charge in [0.15, 0.2) is 18.1 Å². The number of ether oxygens (including phenoxy) is 3. The topological polar surface area (TPSA) is 103 Å². The molecule has 8 heteroatoms. The van der Waals surface area contributed by atoms with Crippen molar-refractivity contribution >= 4 is 12.0 Å². The molecule has 3 unspecified atom stereocenters. The Morgan fingerprint density at radius 3 is 2.54 bits per heavy atom. The number of amides is 2. The van der Waals surface area contributed by atoms with Crippen molar-refractivity contribution in [3.63, 3.8) is 0 Å². The first-order valence-corrected chi connectivity index (χ1v) is 12.9. The third-order valence-electron chi connectivity index (χ3n) is 7.19. The van der Waals surface area contributed by atoms with Gasteiger partial charge in [0.05, 0.1) is 7.11 Å². The van der Waals surface area contributed by atoms with Crippen LogP contribution in [-0.2, 0) is 16.0 Å². The van der Waals surface area contributed by atoms with E-state index in [2.05, 4.69) is 42.3 Å². The third kappa shape index (κ3) is 6.18. The maximum atomic E-state index is 12.9. The minimum Gasteiger partial charge on any atom is -0.493 e. The van der Waals surface area contributed by atoms with Gasteiger partial charge in [0, 0.05) is 31.1 Å². The number of primary amides is 1. The number of benzene rings is 2. The molecule has 200 valence electrons. The van der Waals surface area contributed by atoms with Gasteiger partial charge < -0.3 is 25.3 Å². The fraction of sp³-hybridized carbons (Fsp3) is 0.517. The average Bonchev–Trinajstić information content (AvgIpc) is 2.82. The van der Waals surface area contributed by atoms with Crippen molar-refractivity contribution in [2.45, 2.75) is 71.1 Å². The predicted molar refractivity (Wildman–Crippen MR) is 142 cm³/mol. The summed E-state index contributed by atoms with van der Waals surface area (Å²) >= 11 is 0. The number of rotatable bonds is 6. The number of piperidine rings is 1. The van der Waals surface area contributed by atoms with Crippen molar-refractivity contribution < 1.29 is 23.8 Å². The number of methoxy groups -OCH3 is 1. The molecule has 3 N–H and O–H groups in total. The summed E-state index contributed by atoms with van der Waals surface area (Å²) < 4.78 is 16.9. The summed E-state index contributed by atoms with van der Waals surface area (Å²) in [5, 5.41) is 3.21. The van der Waals surface area contributed by atoms with Gasteiger partial charge in [-0.3, -0.25) is 9.69 Å². The molecule has 2 aliphatic heterocycles. The highest BCUT2D eigenvalue weighted by Crippen LogP contribution is 2.45. The molecule has 0 radical (unpaired) electrons. The van der Waals surface area contributed by atoms with Crippen LogP contribution in [0.1, 0.15) is 67.0 Å². The van der Waals surface area contributed by atoms with Gasteiger partial charge in [0.1, 0.15) is 5.60 Å². The van der Waals surface area contributed by atoms with E-state index < -0.39 is 17.6 Å². The van der Waals surface area contributed by atoms with Crippen molar-refractivity contribution in [2.75, 3.05) is 26.8 Å². The van der Waals surface area contributed by atoms with Crippen LogP contribution in [0.2, 0.25) is 0 Å². The van der Waals surface area contributed by atoms with E-state index in [0.717, 1.165) is 37.1 Å². The zero-order valence-corrected chi connectivity index (χ0v) is 22.7. The summed E-state index contributed by atoms with van der Waals surface area (Å²) in [5.74, 6) is 0.674. The number of carbonyl (C=O) groups excluding carboxylic acids is 2. The first kappa shape index (κ1) is 26.8. The molecule has 37 heavy (non-hydrogen) atoms. The second-order valence-corrected chi connectivity index (χ2v) is 11.2. The van der Waals surface area contributed by atoms with Crippen LogP contribution in [0.15, 0.2) is 30.3 Å². The van der Waals surface area contributed by atoms with Gasteiger partial charge in [-0.05, 0) is 81.8 Å². The summed E-state index contributed by atoms with van der Waals surface area (Å²) in [6.07, 6.45) is 1.19. The minimum atomic E-state index is -0.578. The fourth-order valence-corrected chi connectivity index (χ4v) is 5.55. The summed E-state index contributed by atoms with van der Waals surface area (Å²) in [4.78, 5) is 26.7. The van der Waals surface area contributed by atoms with Crippen molar-refractivity contribution in [3.05, 3.63) is 58.1 Å². The molecule has 0 spiro atoms. The summed E-state index contributed by atoms with van der Waals surface area (Å²) in [7, 11) is 1.59. The molecule has 1 fully saturated rings. The Morgan fingerprint density at radius 2 is 1.86 bits per heavy atom. The van der Waals surface area contributed by atoms with Gasteiger partial charge in [-0.1, -0.05) is 23.8 Å². The van der Waals surface area contributed by atoms with E-state index in [-0.39, 0.29) is 24.6 Å². The van der Waals surface area contributed by atoms with Gasteiger partial charge in [-0.25, -0.2) is 4.79 Å². The minimum absolute atomic E-state index is 0.101. The number of carbonyl (C=O) groups is 2. The van der Waals surface area contributed by atoms with E-state index in [1.54, 1.807) is 7.11 Å². The molecule has 0 bridgehead atoms. The van der Waals surface area contributed by atoms with Crippen molar-refractivity contribution in [2.24, 2.45) is 5.73 Å². The molecular weight excluding hydrogens is 470 g/mol. The molecule has 0 saturated carbocycles. The van der Waals surface area contributed by atoms with E-state index in [0.29, 0.717) is 11.5 Å². The monoisotopic (exact) mass is 509 g/mol. The standard InChI is InChI=1S/C29H39N3O5/c1-17-7-8-18(2)20(11-17)22-15-32-10-9-19-12-26(36-16-27(30)33)25(35-6)13-21(19)24(32)14-23(22)31-28(34)37-29(3,4)5/h7-8,11-13,22-24H,9-10,14-16H2,1-6H3,(H2,30,33)(H,31,34). The molecule has 3 atom stereocenters. The van der Waals surface area contributed by atoms with E-state index in [9.17, 15) is 9.59 Å². The van der Waals surface area contributed by atoms with Gasteiger partial charge in [0.2, 0.25) is 0 Å². The molecule has 0 aromatic heterocycles. The van der Waals surface area contributed by atoms with Crippen molar-refractivity contribution in [3.8, 4) is 11.5 Å². The zero-order valence-electron chi connectivity index (χ0n) is 22.7. The Hall–Kier alpha value is -3.26. The lowest BCUT2D eigenvalue weighted by Gasteiger charge is -2.48. The van der Waals surface area contributed by atoms with Crippen LogP contribution < -0.4 is 20.5 Å². The van der Waals surface area contributed by atoms with Crippen LogP contribution in [0.4, 0.5) is 4.79 Å². The lowest BCUT2D eigenvalue weighted by atomic mass is 9.76. The van der Waals surface area contributed by atoms with Crippen LogP contribution in [0, 0.1) is 13.8 Å². The van der Waals surface area contributed by atoms with Crippen LogP contribution in [0.5, 0.6) is 11.5 Å². The zero-order chi connectivity index (χ0) is 26.9. The molecule has 0 aliphatic carbocycles. The van der Waals surface area contributed by atoms with Crippen molar-refractivity contribution in [1.82, 2.24) is 10.2 Å². The van der Waals surface area contributed by atoms with Gasteiger partial charge in [-0.15, -0.1) is 0 Å².